The molecule has 0 bridgehead atoms. The second kappa shape index (κ2) is 5.14. The summed E-state index contributed by atoms with van der Waals surface area (Å²) in [5.41, 5.74) is 0. The van der Waals surface area contributed by atoms with Gasteiger partial charge in [0.05, 0.1) is 12.1 Å². The van der Waals surface area contributed by atoms with E-state index < -0.39 is 15.6 Å². The number of rotatable bonds is 3. The zero-order valence-corrected chi connectivity index (χ0v) is 11.5. The van der Waals surface area contributed by atoms with Crippen LogP contribution in [0.2, 0.25) is 0 Å². The lowest BCUT2D eigenvalue weighted by Gasteiger charge is -2.40. The third kappa shape index (κ3) is 2.84. The number of sulfone groups is 1. The Morgan fingerprint density at radius 1 is 1.44 bits per heavy atom. The Hall–Kier alpha value is -0.660. The van der Waals surface area contributed by atoms with E-state index in [1.807, 2.05) is 0 Å². The zero-order valence-electron chi connectivity index (χ0n) is 10.7. The third-order valence-electron chi connectivity index (χ3n) is 3.53. The van der Waals surface area contributed by atoms with Crippen molar-refractivity contribution in [2.24, 2.45) is 0 Å². The van der Waals surface area contributed by atoms with Gasteiger partial charge < -0.3 is 14.4 Å². The van der Waals surface area contributed by atoms with Crippen LogP contribution in [0.1, 0.15) is 12.8 Å². The number of amides is 1. The number of fused-ring (bicyclic) bond motifs is 1. The summed E-state index contributed by atoms with van der Waals surface area (Å²) >= 11 is 0. The molecule has 0 unspecified atom stereocenters. The van der Waals surface area contributed by atoms with Crippen molar-refractivity contribution in [3.8, 4) is 0 Å². The summed E-state index contributed by atoms with van der Waals surface area (Å²) < 4.78 is 33.3. The molecule has 3 atom stereocenters. The molecule has 0 spiro atoms. The van der Waals surface area contributed by atoms with E-state index in [1.54, 1.807) is 12.0 Å². The molecule has 2 heterocycles. The molecule has 1 amide bonds. The Labute approximate surface area is 107 Å². The van der Waals surface area contributed by atoms with Crippen LogP contribution in [0.25, 0.3) is 0 Å². The average molecular weight is 277 g/mol. The van der Waals surface area contributed by atoms with E-state index in [0.717, 1.165) is 12.7 Å². The molecule has 2 aliphatic heterocycles. The van der Waals surface area contributed by atoms with Crippen molar-refractivity contribution in [3.63, 3.8) is 0 Å². The molecule has 0 aliphatic carbocycles. The quantitative estimate of drug-likeness (QED) is 0.691. The molecule has 2 fully saturated rings. The highest BCUT2D eigenvalue weighted by Crippen LogP contribution is 2.30. The number of hydrogen-bond acceptors (Lipinski definition) is 5. The number of carbonyl (C=O) groups excluding carboxylic acids is 1. The van der Waals surface area contributed by atoms with E-state index in [4.69, 9.17) is 9.47 Å². The van der Waals surface area contributed by atoms with Gasteiger partial charge in [0.1, 0.15) is 11.9 Å². The van der Waals surface area contributed by atoms with Gasteiger partial charge in [0.2, 0.25) is 5.91 Å². The predicted octanol–water partition coefficient (Wildman–Crippen LogP) is -0.564. The number of carbonyl (C=O) groups is 1. The Morgan fingerprint density at radius 3 is 2.78 bits per heavy atom. The van der Waals surface area contributed by atoms with Crippen molar-refractivity contribution in [2.75, 3.05) is 32.3 Å². The average Bonchev–Trinajstić information content (AvgIpc) is 2.73. The number of piperidine rings is 1. The summed E-state index contributed by atoms with van der Waals surface area (Å²) in [6, 6.07) is -0.0436. The predicted molar refractivity (Wildman–Crippen MR) is 65.0 cm³/mol. The maximum Gasteiger partial charge on any atom is 0.238 e. The number of hydrogen-bond donors (Lipinski definition) is 0. The number of ether oxygens (including phenoxy) is 2. The molecule has 0 aromatic rings. The third-order valence-corrected chi connectivity index (χ3v) is 4.30. The minimum atomic E-state index is -3.28. The van der Waals surface area contributed by atoms with Gasteiger partial charge in [0.15, 0.2) is 9.84 Å². The molecule has 0 radical (unpaired) electrons. The van der Waals surface area contributed by atoms with Gasteiger partial charge in [-0.15, -0.1) is 0 Å². The fourth-order valence-corrected chi connectivity index (χ4v) is 3.37. The summed E-state index contributed by atoms with van der Waals surface area (Å²) in [6.07, 6.45) is 2.40. The first-order valence-electron chi connectivity index (χ1n) is 6.04. The maximum absolute atomic E-state index is 12.0. The first-order valence-corrected chi connectivity index (χ1v) is 8.10. The topological polar surface area (TPSA) is 72.9 Å². The van der Waals surface area contributed by atoms with Gasteiger partial charge in [0.25, 0.3) is 0 Å². The molecule has 0 saturated carbocycles. The highest BCUT2D eigenvalue weighted by Gasteiger charge is 2.44. The van der Waals surface area contributed by atoms with Crippen molar-refractivity contribution < 1.29 is 22.7 Å². The first kappa shape index (κ1) is 13.8. The number of methoxy groups -OCH3 is 1. The molecule has 2 aliphatic rings. The van der Waals surface area contributed by atoms with Gasteiger partial charge in [-0.2, -0.15) is 0 Å². The van der Waals surface area contributed by atoms with E-state index in [9.17, 15) is 13.2 Å². The van der Waals surface area contributed by atoms with Crippen LogP contribution in [-0.2, 0) is 24.1 Å². The lowest BCUT2D eigenvalue weighted by atomic mass is 9.95. The van der Waals surface area contributed by atoms with Crippen molar-refractivity contribution >= 4 is 15.7 Å². The van der Waals surface area contributed by atoms with Crippen LogP contribution < -0.4 is 0 Å². The fourth-order valence-electron chi connectivity index (χ4n) is 2.75. The van der Waals surface area contributed by atoms with Crippen molar-refractivity contribution in [1.29, 1.82) is 0 Å². The fraction of sp³-hybridized carbons (Fsp3) is 0.909. The molecule has 0 aromatic carbocycles. The number of nitrogens with zero attached hydrogens (tertiary/aromatic N) is 1. The van der Waals surface area contributed by atoms with Crippen molar-refractivity contribution in [3.05, 3.63) is 0 Å². The van der Waals surface area contributed by atoms with Crippen LogP contribution in [0.4, 0.5) is 0 Å². The summed E-state index contributed by atoms with van der Waals surface area (Å²) in [7, 11) is -1.65. The zero-order chi connectivity index (χ0) is 13.3. The van der Waals surface area contributed by atoms with Gasteiger partial charge in [-0.1, -0.05) is 0 Å². The van der Waals surface area contributed by atoms with Crippen molar-refractivity contribution in [1.82, 2.24) is 4.90 Å². The van der Waals surface area contributed by atoms with Crippen molar-refractivity contribution in [2.45, 2.75) is 31.1 Å². The highest BCUT2D eigenvalue weighted by molar-refractivity contribution is 7.91. The van der Waals surface area contributed by atoms with Gasteiger partial charge in [0, 0.05) is 26.5 Å². The molecular formula is C11H19NO5S. The lowest BCUT2D eigenvalue weighted by Crippen LogP contribution is -2.56. The van der Waals surface area contributed by atoms with E-state index in [-0.39, 0.29) is 24.2 Å². The normalized spacial score (nSPS) is 32.3. The monoisotopic (exact) mass is 277 g/mol. The standard InChI is InChI=1S/C11H19NO5S/c1-16-9-3-5-12(8-4-6-17-11(8)9)10(13)7-18(2,14)15/h8-9,11H,3-7H2,1-2H3/t8-,9+,11-/m0/s1. The minimum absolute atomic E-state index is 0.000200. The van der Waals surface area contributed by atoms with Crippen LogP contribution in [0.15, 0.2) is 0 Å². The Bertz CT molecular complexity index is 421. The van der Waals surface area contributed by atoms with Gasteiger partial charge >= 0.3 is 0 Å². The number of likely N-dealkylation sites (tertiary alicyclic amines) is 1. The Kier molecular flexibility index (Phi) is 3.93. The summed E-state index contributed by atoms with van der Waals surface area (Å²) in [4.78, 5) is 13.6. The molecule has 2 saturated heterocycles. The van der Waals surface area contributed by atoms with Crippen LogP contribution in [0.5, 0.6) is 0 Å². The van der Waals surface area contributed by atoms with Gasteiger partial charge in [-0.3, -0.25) is 4.79 Å². The molecule has 104 valence electrons. The van der Waals surface area contributed by atoms with E-state index >= 15 is 0 Å². The largest absolute Gasteiger partial charge is 0.379 e. The van der Waals surface area contributed by atoms with Gasteiger partial charge in [-0.05, 0) is 12.8 Å². The first-order chi connectivity index (χ1) is 8.42. The lowest BCUT2D eigenvalue weighted by molar-refractivity contribution is -0.140. The van der Waals surface area contributed by atoms with Crippen LogP contribution in [-0.4, -0.2) is 69.7 Å². The van der Waals surface area contributed by atoms with Gasteiger partial charge in [-0.25, -0.2) is 8.42 Å². The smallest absolute Gasteiger partial charge is 0.238 e. The molecule has 6 nitrogen and oxygen atoms in total. The second-order valence-corrected chi connectivity index (χ2v) is 7.05. The molecule has 2 rings (SSSR count). The molecule has 0 N–H and O–H groups in total. The van der Waals surface area contributed by atoms with E-state index in [1.165, 1.54) is 0 Å². The second-order valence-electron chi connectivity index (χ2n) is 4.91. The van der Waals surface area contributed by atoms with E-state index in [2.05, 4.69) is 0 Å². The van der Waals surface area contributed by atoms with Crippen LogP contribution >= 0.6 is 0 Å². The molecule has 0 aromatic heterocycles. The summed E-state index contributed by atoms with van der Waals surface area (Å²) in [6.45, 7) is 1.13. The maximum atomic E-state index is 12.0. The summed E-state index contributed by atoms with van der Waals surface area (Å²) in [5, 5.41) is 0. The Balaban J connectivity index is 2.08. The summed E-state index contributed by atoms with van der Waals surface area (Å²) in [5.74, 6) is -0.749. The Morgan fingerprint density at radius 2 is 2.17 bits per heavy atom. The van der Waals surface area contributed by atoms with Crippen LogP contribution in [0.3, 0.4) is 0 Å². The van der Waals surface area contributed by atoms with E-state index in [0.29, 0.717) is 19.6 Å². The van der Waals surface area contributed by atoms with Crippen LogP contribution in [0, 0.1) is 0 Å². The highest BCUT2D eigenvalue weighted by atomic mass is 32.2. The molecular weight excluding hydrogens is 258 g/mol. The molecule has 7 heteroatoms. The molecule has 18 heavy (non-hydrogen) atoms. The SMILES string of the molecule is CO[C@@H]1CCN(C(=O)CS(C)(=O)=O)[C@H]2CCO[C@H]12. The minimum Gasteiger partial charge on any atom is -0.379 e.